The van der Waals surface area contributed by atoms with Crippen LogP contribution in [0.1, 0.15) is 43.5 Å². The Kier molecular flexibility index (Phi) is 6.11. The second-order valence-electron chi connectivity index (χ2n) is 3.84. The van der Waals surface area contributed by atoms with Crippen molar-refractivity contribution in [2.45, 2.75) is 38.6 Å². The fraction of sp³-hybridized carbons (Fsp3) is 0.583. The van der Waals surface area contributed by atoms with Crippen LogP contribution < -0.4 is 11.1 Å². The van der Waals surface area contributed by atoms with Crippen LogP contribution in [0.25, 0.3) is 0 Å². The number of nitrogens with two attached hydrogens (primary N) is 1. The molecule has 1 aromatic heterocycles. The molecule has 1 atom stereocenters. The topological polar surface area (TPSA) is 55.1 Å². The Morgan fingerprint density at radius 3 is 2.94 bits per heavy atom. The normalized spacial score (nSPS) is 12.4. The summed E-state index contributed by atoms with van der Waals surface area (Å²) in [6.45, 7) is 2.91. The molecule has 90 valence electrons. The molecule has 0 spiro atoms. The summed E-state index contributed by atoms with van der Waals surface area (Å²) in [6.07, 6.45) is 4.65. The van der Waals surface area contributed by atoms with Crippen LogP contribution >= 0.6 is 11.3 Å². The zero-order valence-electron chi connectivity index (χ0n) is 9.74. The molecule has 1 aromatic rings. The molecule has 0 aliphatic heterocycles. The standard InChI is InChI=1S/C12H20N2OS/c1-2-3-4-5-8-14-12(15)11(13)10-7-6-9-16-10/h6-7,9,11H,2-5,8,13H2,1H3,(H,14,15). The molecule has 4 heteroatoms. The van der Waals surface area contributed by atoms with Crippen LogP contribution in [-0.2, 0) is 4.79 Å². The zero-order valence-corrected chi connectivity index (χ0v) is 10.6. The first-order valence-electron chi connectivity index (χ1n) is 5.82. The molecule has 0 bridgehead atoms. The van der Waals surface area contributed by atoms with Gasteiger partial charge in [0.2, 0.25) is 5.91 Å². The Hall–Kier alpha value is -0.870. The van der Waals surface area contributed by atoms with E-state index in [0.717, 1.165) is 17.8 Å². The fourth-order valence-corrected chi connectivity index (χ4v) is 2.20. The molecule has 0 aliphatic rings. The van der Waals surface area contributed by atoms with E-state index < -0.39 is 6.04 Å². The van der Waals surface area contributed by atoms with E-state index in [9.17, 15) is 4.79 Å². The van der Waals surface area contributed by atoms with Gasteiger partial charge >= 0.3 is 0 Å². The number of nitrogens with one attached hydrogen (secondary N) is 1. The van der Waals surface area contributed by atoms with E-state index in [2.05, 4.69) is 12.2 Å². The number of carbonyl (C=O) groups excluding carboxylic acids is 1. The molecule has 0 radical (unpaired) electrons. The van der Waals surface area contributed by atoms with Crippen LogP contribution in [0, 0.1) is 0 Å². The van der Waals surface area contributed by atoms with Gasteiger partial charge in [-0.2, -0.15) is 0 Å². The first-order chi connectivity index (χ1) is 7.75. The third-order valence-electron chi connectivity index (χ3n) is 2.46. The van der Waals surface area contributed by atoms with Crippen molar-refractivity contribution in [3.8, 4) is 0 Å². The third kappa shape index (κ3) is 4.33. The minimum atomic E-state index is -0.508. The summed E-state index contributed by atoms with van der Waals surface area (Å²) in [5.41, 5.74) is 5.82. The Bertz CT molecular complexity index is 298. The number of hydrogen-bond acceptors (Lipinski definition) is 3. The summed E-state index contributed by atoms with van der Waals surface area (Å²) in [5, 5.41) is 4.81. The first-order valence-corrected chi connectivity index (χ1v) is 6.70. The Balaban J connectivity index is 2.20. The average molecular weight is 240 g/mol. The molecule has 16 heavy (non-hydrogen) atoms. The SMILES string of the molecule is CCCCCCNC(=O)C(N)c1cccs1. The molecule has 0 saturated heterocycles. The van der Waals surface area contributed by atoms with Gasteiger partial charge in [-0.25, -0.2) is 0 Å². The van der Waals surface area contributed by atoms with Crippen molar-refractivity contribution in [1.29, 1.82) is 0 Å². The third-order valence-corrected chi connectivity index (χ3v) is 3.42. The van der Waals surface area contributed by atoms with Gasteiger partial charge in [0.1, 0.15) is 6.04 Å². The van der Waals surface area contributed by atoms with Crippen molar-refractivity contribution in [2.75, 3.05) is 6.54 Å². The van der Waals surface area contributed by atoms with Crippen molar-refractivity contribution in [2.24, 2.45) is 5.73 Å². The van der Waals surface area contributed by atoms with Gasteiger partial charge in [-0.1, -0.05) is 32.3 Å². The number of unbranched alkanes of at least 4 members (excludes halogenated alkanes) is 3. The summed E-state index contributed by atoms with van der Waals surface area (Å²) in [4.78, 5) is 12.6. The highest BCUT2D eigenvalue weighted by Crippen LogP contribution is 2.16. The van der Waals surface area contributed by atoms with Gasteiger partial charge in [-0.05, 0) is 17.9 Å². The van der Waals surface area contributed by atoms with Crippen LogP contribution in [0.4, 0.5) is 0 Å². The van der Waals surface area contributed by atoms with E-state index in [1.165, 1.54) is 30.6 Å². The van der Waals surface area contributed by atoms with Gasteiger partial charge in [0, 0.05) is 11.4 Å². The lowest BCUT2D eigenvalue weighted by atomic mass is 10.2. The predicted molar refractivity (Wildman–Crippen MR) is 68.4 cm³/mol. The number of amides is 1. The molecule has 3 nitrogen and oxygen atoms in total. The molecule has 3 N–H and O–H groups in total. The highest BCUT2D eigenvalue weighted by molar-refractivity contribution is 7.10. The summed E-state index contributed by atoms with van der Waals surface area (Å²) >= 11 is 1.52. The molecule has 0 saturated carbocycles. The monoisotopic (exact) mass is 240 g/mol. The Labute approximate surface area is 101 Å². The number of carbonyl (C=O) groups is 1. The van der Waals surface area contributed by atoms with Gasteiger partial charge in [-0.15, -0.1) is 11.3 Å². The fourth-order valence-electron chi connectivity index (χ4n) is 1.47. The van der Waals surface area contributed by atoms with Crippen molar-refractivity contribution in [3.63, 3.8) is 0 Å². The predicted octanol–water partition coefficient (Wildman–Crippen LogP) is 2.44. The van der Waals surface area contributed by atoms with Crippen LogP contribution in [-0.4, -0.2) is 12.5 Å². The summed E-state index contributed by atoms with van der Waals surface area (Å²) in [5.74, 6) is -0.0704. The molecule has 1 rings (SSSR count). The lowest BCUT2D eigenvalue weighted by molar-refractivity contribution is -0.122. The van der Waals surface area contributed by atoms with Crippen LogP contribution in [0.5, 0.6) is 0 Å². The Morgan fingerprint density at radius 1 is 1.50 bits per heavy atom. The first kappa shape index (κ1) is 13.2. The second kappa shape index (κ2) is 7.41. The summed E-state index contributed by atoms with van der Waals surface area (Å²) in [6, 6.07) is 3.30. The maximum Gasteiger partial charge on any atom is 0.242 e. The van der Waals surface area contributed by atoms with Gasteiger partial charge in [0.15, 0.2) is 0 Å². The van der Waals surface area contributed by atoms with E-state index >= 15 is 0 Å². The lowest BCUT2D eigenvalue weighted by Gasteiger charge is -2.10. The van der Waals surface area contributed by atoms with E-state index in [1.807, 2.05) is 17.5 Å². The number of thiophene rings is 1. The van der Waals surface area contributed by atoms with Crippen LogP contribution in [0.3, 0.4) is 0 Å². The van der Waals surface area contributed by atoms with Crippen molar-refractivity contribution in [3.05, 3.63) is 22.4 Å². The van der Waals surface area contributed by atoms with E-state index in [1.54, 1.807) is 0 Å². The molecule has 1 heterocycles. The zero-order chi connectivity index (χ0) is 11.8. The molecule has 1 amide bonds. The largest absolute Gasteiger partial charge is 0.354 e. The maximum absolute atomic E-state index is 11.6. The molecule has 0 aliphatic carbocycles. The molecule has 0 fully saturated rings. The number of rotatable bonds is 7. The molecule has 0 aromatic carbocycles. The minimum absolute atomic E-state index is 0.0704. The highest BCUT2D eigenvalue weighted by Gasteiger charge is 2.15. The van der Waals surface area contributed by atoms with E-state index in [0.29, 0.717) is 0 Å². The average Bonchev–Trinajstić information content (AvgIpc) is 2.81. The molecular weight excluding hydrogens is 220 g/mol. The van der Waals surface area contributed by atoms with Gasteiger partial charge in [-0.3, -0.25) is 4.79 Å². The van der Waals surface area contributed by atoms with Crippen molar-refractivity contribution in [1.82, 2.24) is 5.32 Å². The highest BCUT2D eigenvalue weighted by atomic mass is 32.1. The lowest BCUT2D eigenvalue weighted by Crippen LogP contribution is -2.34. The Morgan fingerprint density at radius 2 is 2.31 bits per heavy atom. The van der Waals surface area contributed by atoms with E-state index in [-0.39, 0.29) is 5.91 Å². The molecular formula is C12H20N2OS. The summed E-state index contributed by atoms with van der Waals surface area (Å²) in [7, 11) is 0. The van der Waals surface area contributed by atoms with E-state index in [4.69, 9.17) is 5.73 Å². The van der Waals surface area contributed by atoms with Gasteiger partial charge in [0.05, 0.1) is 0 Å². The smallest absolute Gasteiger partial charge is 0.242 e. The maximum atomic E-state index is 11.6. The van der Waals surface area contributed by atoms with Crippen molar-refractivity contribution >= 4 is 17.2 Å². The second-order valence-corrected chi connectivity index (χ2v) is 4.82. The number of hydrogen-bond donors (Lipinski definition) is 2. The van der Waals surface area contributed by atoms with Gasteiger partial charge in [0.25, 0.3) is 0 Å². The minimum Gasteiger partial charge on any atom is -0.354 e. The van der Waals surface area contributed by atoms with Crippen LogP contribution in [0.2, 0.25) is 0 Å². The van der Waals surface area contributed by atoms with Crippen LogP contribution in [0.15, 0.2) is 17.5 Å². The quantitative estimate of drug-likeness (QED) is 0.719. The van der Waals surface area contributed by atoms with Gasteiger partial charge < -0.3 is 11.1 Å². The van der Waals surface area contributed by atoms with Crippen molar-refractivity contribution < 1.29 is 4.79 Å². The molecule has 1 unspecified atom stereocenters. The summed E-state index contributed by atoms with van der Waals surface area (Å²) < 4.78 is 0.